The SMILES string of the molecule is [2H]C1([2H])Cc2cc(CCN3CC[C@@H](C(C(N)=O)(c4ccccc4)c4ccccc4)C3)ccc2O1. The minimum absolute atomic E-state index is 0.0791. The summed E-state index contributed by atoms with van der Waals surface area (Å²) in [7, 11) is 0. The summed E-state index contributed by atoms with van der Waals surface area (Å²) in [6, 6.07) is 25.9. The number of nitrogens with zero attached hydrogens (tertiary/aromatic N) is 1. The molecule has 0 spiro atoms. The lowest BCUT2D eigenvalue weighted by atomic mass is 9.64. The van der Waals surface area contributed by atoms with Crippen LogP contribution in [0.25, 0.3) is 0 Å². The Kier molecular flexibility index (Phi) is 5.07. The Labute approximate surface area is 192 Å². The molecule has 0 saturated carbocycles. The number of hydrogen-bond donors (Lipinski definition) is 1. The van der Waals surface area contributed by atoms with E-state index in [2.05, 4.69) is 11.0 Å². The van der Waals surface area contributed by atoms with Crippen LogP contribution in [0.2, 0.25) is 0 Å². The molecular weight excluding hydrogens is 396 g/mol. The van der Waals surface area contributed by atoms with E-state index in [-0.39, 0.29) is 18.2 Å². The molecule has 0 bridgehead atoms. The van der Waals surface area contributed by atoms with Crippen molar-refractivity contribution < 1.29 is 12.3 Å². The third-order valence-corrected chi connectivity index (χ3v) is 7.02. The molecule has 1 amide bonds. The van der Waals surface area contributed by atoms with Crippen LogP contribution < -0.4 is 10.5 Å². The number of aryl methyl sites for hydroxylation is 1. The molecule has 0 aromatic heterocycles. The first-order chi connectivity index (χ1) is 16.4. The largest absolute Gasteiger partial charge is 0.493 e. The van der Waals surface area contributed by atoms with Crippen LogP contribution in [0.15, 0.2) is 78.9 Å². The summed E-state index contributed by atoms with van der Waals surface area (Å²) >= 11 is 0. The number of fused-ring (bicyclic) bond motifs is 1. The zero-order valence-electron chi connectivity index (χ0n) is 20.2. The molecule has 3 aromatic carbocycles. The van der Waals surface area contributed by atoms with Gasteiger partial charge in [0.15, 0.2) is 0 Å². The van der Waals surface area contributed by atoms with E-state index >= 15 is 0 Å². The number of carbonyl (C=O) groups is 1. The van der Waals surface area contributed by atoms with Crippen LogP contribution in [0.1, 0.15) is 31.4 Å². The van der Waals surface area contributed by atoms with E-state index < -0.39 is 12.0 Å². The van der Waals surface area contributed by atoms with Crippen LogP contribution >= 0.6 is 0 Å². The molecule has 3 aromatic rings. The molecule has 4 heteroatoms. The van der Waals surface area contributed by atoms with E-state index in [0.717, 1.165) is 49.2 Å². The monoisotopic (exact) mass is 428 g/mol. The number of carbonyl (C=O) groups excluding carboxylic acids is 1. The summed E-state index contributed by atoms with van der Waals surface area (Å²) in [5.74, 6) is 0.423. The number of nitrogens with two attached hydrogens (primary N) is 1. The molecule has 1 atom stereocenters. The van der Waals surface area contributed by atoms with Gasteiger partial charge in [0.05, 0.1) is 9.30 Å². The van der Waals surface area contributed by atoms with Crippen molar-refractivity contribution in [3.8, 4) is 5.75 Å². The van der Waals surface area contributed by atoms with Gasteiger partial charge in [0.1, 0.15) is 11.2 Å². The molecule has 164 valence electrons. The Hall–Kier alpha value is -3.11. The molecule has 0 radical (unpaired) electrons. The first-order valence-electron chi connectivity index (χ1n) is 12.3. The van der Waals surface area contributed by atoms with Gasteiger partial charge in [0.25, 0.3) is 0 Å². The summed E-state index contributed by atoms with van der Waals surface area (Å²) in [5, 5.41) is 0. The van der Waals surface area contributed by atoms with Gasteiger partial charge in [-0.05, 0) is 53.6 Å². The van der Waals surface area contributed by atoms with E-state index in [1.54, 1.807) is 0 Å². The van der Waals surface area contributed by atoms with E-state index in [1.807, 2.05) is 72.8 Å². The van der Waals surface area contributed by atoms with Gasteiger partial charge in [0, 0.05) is 19.5 Å². The second-order valence-corrected chi connectivity index (χ2v) is 8.81. The highest BCUT2D eigenvalue weighted by molar-refractivity contribution is 5.91. The lowest BCUT2D eigenvalue weighted by Gasteiger charge is -2.37. The van der Waals surface area contributed by atoms with Gasteiger partial charge in [0.2, 0.25) is 5.91 Å². The number of rotatable bonds is 7. The zero-order valence-corrected chi connectivity index (χ0v) is 18.2. The molecule has 2 N–H and O–H groups in total. The van der Waals surface area contributed by atoms with Gasteiger partial charge in [-0.2, -0.15) is 0 Å². The Morgan fingerprint density at radius 1 is 1.06 bits per heavy atom. The van der Waals surface area contributed by atoms with Gasteiger partial charge >= 0.3 is 0 Å². The van der Waals surface area contributed by atoms with E-state index in [9.17, 15) is 4.79 Å². The molecule has 1 saturated heterocycles. The molecular formula is C28H30N2O2. The van der Waals surface area contributed by atoms with Crippen molar-refractivity contribution in [2.24, 2.45) is 11.7 Å². The van der Waals surface area contributed by atoms with Crippen LogP contribution in [0.3, 0.4) is 0 Å². The predicted molar refractivity (Wildman–Crippen MR) is 127 cm³/mol. The highest BCUT2D eigenvalue weighted by Gasteiger charge is 2.49. The second kappa shape index (κ2) is 8.79. The predicted octanol–water partition coefficient (Wildman–Crippen LogP) is 3.96. The van der Waals surface area contributed by atoms with Gasteiger partial charge in [-0.15, -0.1) is 0 Å². The van der Waals surface area contributed by atoms with Crippen molar-refractivity contribution in [2.75, 3.05) is 26.2 Å². The van der Waals surface area contributed by atoms with Gasteiger partial charge in [-0.3, -0.25) is 4.79 Å². The third-order valence-electron chi connectivity index (χ3n) is 7.02. The summed E-state index contributed by atoms with van der Waals surface area (Å²) in [4.78, 5) is 15.6. The number of ether oxygens (including phenoxy) is 1. The van der Waals surface area contributed by atoms with Crippen molar-refractivity contribution in [1.82, 2.24) is 4.90 Å². The summed E-state index contributed by atoms with van der Waals surface area (Å²) < 4.78 is 21.0. The lowest BCUT2D eigenvalue weighted by molar-refractivity contribution is -0.123. The van der Waals surface area contributed by atoms with Gasteiger partial charge in [-0.25, -0.2) is 0 Å². The quantitative estimate of drug-likeness (QED) is 0.620. The fourth-order valence-corrected chi connectivity index (χ4v) is 5.42. The van der Waals surface area contributed by atoms with E-state index in [1.165, 1.54) is 5.56 Å². The number of benzene rings is 3. The Balaban J connectivity index is 1.35. The molecule has 0 aliphatic carbocycles. The Morgan fingerprint density at radius 3 is 2.41 bits per heavy atom. The number of hydrogen-bond acceptors (Lipinski definition) is 3. The minimum atomic E-state index is -1.61. The van der Waals surface area contributed by atoms with Crippen molar-refractivity contribution in [3.05, 3.63) is 101 Å². The summed E-state index contributed by atoms with van der Waals surface area (Å²) in [6.07, 6.45) is 2.05. The number of amides is 1. The van der Waals surface area contributed by atoms with E-state index in [0.29, 0.717) is 5.75 Å². The smallest absolute Gasteiger partial charge is 0.232 e. The highest BCUT2D eigenvalue weighted by atomic mass is 16.5. The molecule has 0 unspecified atom stereocenters. The number of likely N-dealkylation sites (tertiary alicyclic amines) is 1. The molecule has 2 aliphatic rings. The normalized spacial score (nSPS) is 20.8. The maximum atomic E-state index is 13.2. The third kappa shape index (κ3) is 3.69. The first-order valence-corrected chi connectivity index (χ1v) is 11.3. The topological polar surface area (TPSA) is 55.6 Å². The average molecular weight is 429 g/mol. The molecule has 5 rings (SSSR count). The summed E-state index contributed by atoms with van der Waals surface area (Å²) in [6.45, 7) is 0.969. The molecule has 4 nitrogen and oxygen atoms in total. The van der Waals surface area contributed by atoms with Crippen LogP contribution in [0.4, 0.5) is 0 Å². The highest BCUT2D eigenvalue weighted by Crippen LogP contribution is 2.43. The van der Waals surface area contributed by atoms with Crippen molar-refractivity contribution >= 4 is 5.91 Å². The zero-order chi connectivity index (χ0) is 23.8. The Bertz CT molecular complexity index is 1130. The molecule has 2 aliphatic heterocycles. The lowest BCUT2D eigenvalue weighted by Crippen LogP contribution is -2.49. The van der Waals surface area contributed by atoms with Crippen molar-refractivity contribution in [1.29, 1.82) is 0 Å². The fraction of sp³-hybridized carbons (Fsp3) is 0.321. The average Bonchev–Trinajstić information content (AvgIpc) is 3.42. The van der Waals surface area contributed by atoms with Gasteiger partial charge < -0.3 is 15.4 Å². The minimum Gasteiger partial charge on any atom is -0.493 e. The van der Waals surface area contributed by atoms with Gasteiger partial charge in [-0.1, -0.05) is 72.8 Å². The van der Waals surface area contributed by atoms with Crippen LogP contribution in [0.5, 0.6) is 5.75 Å². The van der Waals surface area contributed by atoms with Crippen LogP contribution in [0, 0.1) is 5.92 Å². The first kappa shape index (κ1) is 18.5. The van der Waals surface area contributed by atoms with Crippen LogP contribution in [-0.2, 0) is 23.1 Å². The number of primary amides is 1. The van der Waals surface area contributed by atoms with Crippen molar-refractivity contribution in [3.63, 3.8) is 0 Å². The van der Waals surface area contributed by atoms with Crippen molar-refractivity contribution in [2.45, 2.75) is 24.7 Å². The summed E-state index contributed by atoms with van der Waals surface area (Å²) in [5.41, 5.74) is 9.35. The van der Waals surface area contributed by atoms with Crippen LogP contribution in [-0.4, -0.2) is 37.0 Å². The Morgan fingerprint density at radius 2 is 1.75 bits per heavy atom. The molecule has 1 fully saturated rings. The molecule has 2 heterocycles. The maximum Gasteiger partial charge on any atom is 0.232 e. The van der Waals surface area contributed by atoms with E-state index in [4.69, 9.17) is 13.2 Å². The second-order valence-electron chi connectivity index (χ2n) is 8.81. The maximum absolute atomic E-state index is 13.2. The molecule has 32 heavy (non-hydrogen) atoms. The standard InChI is InChI=1S/C28H30N2O2/c29-27(31)28(23-7-3-1-4-8-23,24-9-5-2-6-10-24)25-14-17-30(20-25)16-13-21-11-12-26-22(19-21)15-18-32-26/h1-12,19,25H,13-18,20H2,(H2,29,31)/t25-/m1/s1/i18D2. The fourth-order valence-electron chi connectivity index (χ4n) is 5.42.